The molecule has 0 unspecified atom stereocenters. The number of nitrogens with zero attached hydrogens (tertiary/aromatic N) is 4. The third-order valence-electron chi connectivity index (χ3n) is 5.34. The fraction of sp³-hybridized carbons (Fsp3) is 0.192. The number of anilines is 1. The largest absolute Gasteiger partial charge is 0.502 e. The van der Waals surface area contributed by atoms with Crippen molar-refractivity contribution in [2.45, 2.75) is 6.54 Å². The molecule has 0 radical (unpaired) electrons. The second kappa shape index (κ2) is 11.0. The molecule has 1 fully saturated rings. The van der Waals surface area contributed by atoms with Gasteiger partial charge >= 0.3 is 0 Å². The third-order valence-corrected chi connectivity index (χ3v) is 6.34. The molecule has 0 atom stereocenters. The normalized spacial score (nSPS) is 15.9. The number of rotatable bonds is 8. The molecule has 9 nitrogen and oxygen atoms in total. The number of benzene rings is 2. The van der Waals surface area contributed by atoms with Crippen LogP contribution in [0.25, 0.3) is 6.08 Å². The van der Waals surface area contributed by atoms with E-state index in [0.29, 0.717) is 21.4 Å². The van der Waals surface area contributed by atoms with Crippen molar-refractivity contribution in [2.75, 3.05) is 33.2 Å². The van der Waals surface area contributed by atoms with Crippen LogP contribution < -0.4 is 14.4 Å². The Hall–Kier alpha value is -4.18. The number of amidine groups is 1. The molecule has 3 aromatic rings. The molecule has 1 aliphatic rings. The van der Waals surface area contributed by atoms with Crippen molar-refractivity contribution in [3.8, 4) is 17.2 Å². The van der Waals surface area contributed by atoms with Crippen molar-refractivity contribution in [1.29, 1.82) is 0 Å². The van der Waals surface area contributed by atoms with Gasteiger partial charge in [0.1, 0.15) is 5.76 Å². The van der Waals surface area contributed by atoms with Crippen LogP contribution >= 0.6 is 11.8 Å². The number of carbonyl (C=O) groups is 1. The van der Waals surface area contributed by atoms with E-state index in [1.165, 1.54) is 37.1 Å². The van der Waals surface area contributed by atoms with Crippen molar-refractivity contribution < 1.29 is 23.8 Å². The summed E-state index contributed by atoms with van der Waals surface area (Å²) in [4.78, 5) is 17.3. The van der Waals surface area contributed by atoms with Crippen LogP contribution in [-0.4, -0.2) is 55.6 Å². The second-order valence-corrected chi connectivity index (χ2v) is 8.98. The number of hydrogen-bond donors (Lipinski definition) is 1. The van der Waals surface area contributed by atoms with Gasteiger partial charge in [0, 0.05) is 25.3 Å². The highest BCUT2D eigenvalue weighted by Crippen LogP contribution is 2.37. The molecule has 0 aliphatic carbocycles. The first-order valence-electron chi connectivity index (χ1n) is 11.0. The molecule has 10 heteroatoms. The van der Waals surface area contributed by atoms with Crippen LogP contribution in [0.3, 0.4) is 0 Å². The molecular formula is C26H26N4O5S. The maximum Gasteiger partial charge on any atom is 0.267 e. The van der Waals surface area contributed by atoms with Gasteiger partial charge in [-0.3, -0.25) is 9.69 Å². The van der Waals surface area contributed by atoms with Crippen LogP contribution in [0.4, 0.5) is 5.69 Å². The fourth-order valence-electron chi connectivity index (χ4n) is 3.43. The van der Waals surface area contributed by atoms with Gasteiger partial charge in [-0.05, 0) is 59.8 Å². The van der Waals surface area contributed by atoms with E-state index in [2.05, 4.69) is 10.2 Å². The van der Waals surface area contributed by atoms with E-state index in [4.69, 9.17) is 13.9 Å². The summed E-state index contributed by atoms with van der Waals surface area (Å²) in [5.74, 6) is 0.844. The molecule has 2 heterocycles. The maximum atomic E-state index is 13.3. The number of amides is 1. The zero-order valence-corrected chi connectivity index (χ0v) is 21.2. The standard InChI is InChI=1S/C26H26N4O5S/c1-29(2)19-9-7-17(8-10-19)14-23-25(32)30(16-20-6-5-11-35-20)26(36-23)28-27-15-18-12-21(33-3)24(31)22(13-18)34-4/h5-15,31H,16H2,1-4H3/b23-14-,27-15+,28-26-. The minimum absolute atomic E-state index is 0.0987. The smallest absolute Gasteiger partial charge is 0.267 e. The molecule has 1 amide bonds. The highest BCUT2D eigenvalue weighted by Gasteiger charge is 2.34. The first kappa shape index (κ1) is 24.9. The summed E-state index contributed by atoms with van der Waals surface area (Å²) in [6.45, 7) is 0.227. The lowest BCUT2D eigenvalue weighted by Gasteiger charge is -2.13. The Bertz CT molecular complexity index is 1290. The van der Waals surface area contributed by atoms with Gasteiger partial charge in [-0.1, -0.05) is 12.1 Å². The summed E-state index contributed by atoms with van der Waals surface area (Å²) >= 11 is 1.24. The molecular weight excluding hydrogens is 480 g/mol. The number of phenols is 1. The molecule has 36 heavy (non-hydrogen) atoms. The van der Waals surface area contributed by atoms with Crippen molar-refractivity contribution in [1.82, 2.24) is 4.90 Å². The summed E-state index contributed by atoms with van der Waals surface area (Å²) in [6.07, 6.45) is 4.89. The predicted octanol–water partition coefficient (Wildman–Crippen LogP) is 4.58. The Morgan fingerprint density at radius 3 is 2.36 bits per heavy atom. The second-order valence-electron chi connectivity index (χ2n) is 7.97. The zero-order valence-electron chi connectivity index (χ0n) is 20.3. The average Bonchev–Trinajstić information content (AvgIpc) is 3.49. The quantitative estimate of drug-likeness (QED) is 0.271. The van der Waals surface area contributed by atoms with Gasteiger partial charge in [0.05, 0.1) is 38.1 Å². The van der Waals surface area contributed by atoms with E-state index >= 15 is 0 Å². The number of methoxy groups -OCH3 is 2. The van der Waals surface area contributed by atoms with Crippen LogP contribution in [0.5, 0.6) is 17.2 Å². The lowest BCUT2D eigenvalue weighted by molar-refractivity contribution is -0.122. The van der Waals surface area contributed by atoms with Crippen LogP contribution in [0.2, 0.25) is 0 Å². The molecule has 1 saturated heterocycles. The minimum atomic E-state index is -0.185. The Morgan fingerprint density at radius 2 is 1.78 bits per heavy atom. The summed E-state index contributed by atoms with van der Waals surface area (Å²) in [5.41, 5.74) is 2.58. The van der Waals surface area contributed by atoms with Gasteiger partial charge in [-0.15, -0.1) is 5.10 Å². The monoisotopic (exact) mass is 506 g/mol. The first-order chi connectivity index (χ1) is 17.4. The molecule has 1 aliphatic heterocycles. The van der Waals surface area contributed by atoms with Gasteiger partial charge in [-0.25, -0.2) is 0 Å². The molecule has 0 saturated carbocycles. The van der Waals surface area contributed by atoms with E-state index in [1.54, 1.807) is 30.5 Å². The molecule has 1 N–H and O–H groups in total. The van der Waals surface area contributed by atoms with Gasteiger partial charge in [0.15, 0.2) is 16.7 Å². The third kappa shape index (κ3) is 5.55. The topological polar surface area (TPSA) is 100 Å². The van der Waals surface area contributed by atoms with E-state index in [0.717, 1.165) is 11.3 Å². The van der Waals surface area contributed by atoms with Crippen molar-refractivity contribution in [3.05, 3.63) is 76.6 Å². The molecule has 4 rings (SSSR count). The number of furan rings is 1. The SMILES string of the molecule is COc1cc(/C=N/N=C2\S/C(=C\c3ccc(N(C)C)cc3)C(=O)N2Cc2ccco2)cc(OC)c1O. The highest BCUT2D eigenvalue weighted by molar-refractivity contribution is 8.18. The number of hydrogen-bond acceptors (Lipinski definition) is 9. The molecule has 186 valence electrons. The zero-order chi connectivity index (χ0) is 25.7. The number of phenolic OH excluding ortho intramolecular Hbond substituents is 1. The summed E-state index contributed by atoms with van der Waals surface area (Å²) in [6, 6.07) is 14.7. The molecule has 2 aromatic carbocycles. The Balaban J connectivity index is 1.62. The fourth-order valence-corrected chi connectivity index (χ4v) is 4.37. The Kier molecular flexibility index (Phi) is 7.65. The summed E-state index contributed by atoms with van der Waals surface area (Å²) < 4.78 is 15.8. The lowest BCUT2D eigenvalue weighted by Crippen LogP contribution is -2.28. The minimum Gasteiger partial charge on any atom is -0.502 e. The summed E-state index contributed by atoms with van der Waals surface area (Å²) in [7, 11) is 6.85. The Labute approximate surface area is 213 Å². The number of carbonyl (C=O) groups excluding carboxylic acids is 1. The lowest BCUT2D eigenvalue weighted by atomic mass is 10.2. The van der Waals surface area contributed by atoms with Crippen molar-refractivity contribution >= 4 is 40.8 Å². The van der Waals surface area contributed by atoms with Gasteiger partial charge in [0.25, 0.3) is 5.91 Å². The molecule has 0 spiro atoms. The van der Waals surface area contributed by atoms with Crippen LogP contribution in [0.1, 0.15) is 16.9 Å². The van der Waals surface area contributed by atoms with Gasteiger partial charge in [-0.2, -0.15) is 5.10 Å². The van der Waals surface area contributed by atoms with E-state index in [1.807, 2.05) is 49.3 Å². The summed E-state index contributed by atoms with van der Waals surface area (Å²) in [5, 5.41) is 19.0. The van der Waals surface area contributed by atoms with E-state index in [9.17, 15) is 9.90 Å². The van der Waals surface area contributed by atoms with Crippen LogP contribution in [0.15, 0.2) is 74.3 Å². The van der Waals surface area contributed by atoms with Crippen molar-refractivity contribution in [2.24, 2.45) is 10.2 Å². The number of ether oxygens (including phenoxy) is 2. The van der Waals surface area contributed by atoms with Crippen molar-refractivity contribution in [3.63, 3.8) is 0 Å². The van der Waals surface area contributed by atoms with E-state index in [-0.39, 0.29) is 29.7 Å². The highest BCUT2D eigenvalue weighted by atomic mass is 32.2. The number of aromatic hydroxyl groups is 1. The molecule has 0 bridgehead atoms. The Morgan fingerprint density at radius 1 is 1.08 bits per heavy atom. The van der Waals surface area contributed by atoms with Crippen LogP contribution in [-0.2, 0) is 11.3 Å². The maximum absolute atomic E-state index is 13.3. The van der Waals surface area contributed by atoms with Gasteiger partial charge < -0.3 is 23.9 Å². The van der Waals surface area contributed by atoms with Crippen LogP contribution in [0, 0.1) is 0 Å². The number of thioether (sulfide) groups is 1. The predicted molar refractivity (Wildman–Crippen MR) is 142 cm³/mol. The average molecular weight is 507 g/mol. The first-order valence-corrected chi connectivity index (χ1v) is 11.8. The molecule has 1 aromatic heterocycles. The van der Waals surface area contributed by atoms with Gasteiger partial charge in [0.2, 0.25) is 5.75 Å². The van der Waals surface area contributed by atoms with E-state index < -0.39 is 0 Å².